The Labute approximate surface area is 207 Å². The van der Waals surface area contributed by atoms with E-state index in [0.717, 1.165) is 19.4 Å². The minimum absolute atomic E-state index is 0.0749. The molecule has 0 aliphatic carbocycles. The van der Waals surface area contributed by atoms with Crippen LogP contribution in [0.5, 0.6) is 0 Å². The lowest BCUT2D eigenvalue weighted by Crippen LogP contribution is -2.61. The number of hydrogen-bond donors (Lipinski definition) is 1. The fraction of sp³-hybridized carbons (Fsp3) is 0.815. The number of esters is 1. The molecule has 0 bridgehead atoms. The van der Waals surface area contributed by atoms with E-state index < -0.39 is 11.5 Å². The van der Waals surface area contributed by atoms with Gasteiger partial charge in [-0.15, -0.1) is 0 Å². The Morgan fingerprint density at radius 2 is 1.74 bits per heavy atom. The van der Waals surface area contributed by atoms with E-state index >= 15 is 0 Å². The zero-order chi connectivity index (χ0) is 26.4. The highest BCUT2D eigenvalue weighted by molar-refractivity contribution is 5.91. The zero-order valence-corrected chi connectivity index (χ0v) is 23.4. The van der Waals surface area contributed by atoms with E-state index in [1.165, 1.54) is 0 Å². The first-order valence-electron chi connectivity index (χ1n) is 12.8. The standard InChI is InChI=1S/C27H49N3O4/c1-12-34-26(33)20(7)15-22(17(2)3)29(11)25(32)23(27(8,9)10)28-24(31)21-14-13-19(6)16-30(21)18(4)5/h15,17-19,21-23H,12-14,16H2,1-11H3,(H,28,31)/b20-15+/t19-,21?,22-,23-/m1/s1. The molecule has 1 saturated heterocycles. The summed E-state index contributed by atoms with van der Waals surface area (Å²) >= 11 is 0. The van der Waals surface area contributed by atoms with Gasteiger partial charge in [0, 0.05) is 25.2 Å². The molecule has 1 aliphatic rings. The van der Waals surface area contributed by atoms with Crippen LogP contribution in [0, 0.1) is 17.3 Å². The van der Waals surface area contributed by atoms with Crippen LogP contribution in [0.1, 0.15) is 82.1 Å². The summed E-state index contributed by atoms with van der Waals surface area (Å²) in [5.41, 5.74) is -0.00648. The van der Waals surface area contributed by atoms with Gasteiger partial charge in [-0.3, -0.25) is 14.5 Å². The van der Waals surface area contributed by atoms with Gasteiger partial charge in [0.2, 0.25) is 11.8 Å². The molecule has 1 aliphatic heterocycles. The van der Waals surface area contributed by atoms with Crippen molar-refractivity contribution in [2.75, 3.05) is 20.2 Å². The first kappa shape index (κ1) is 30.1. The van der Waals surface area contributed by atoms with E-state index in [1.54, 1.807) is 31.9 Å². The van der Waals surface area contributed by atoms with Gasteiger partial charge in [-0.2, -0.15) is 0 Å². The largest absolute Gasteiger partial charge is 0.463 e. The van der Waals surface area contributed by atoms with Crippen LogP contribution in [0.4, 0.5) is 0 Å². The van der Waals surface area contributed by atoms with Crippen LogP contribution in [-0.4, -0.2) is 72.0 Å². The quantitative estimate of drug-likeness (QED) is 0.399. The summed E-state index contributed by atoms with van der Waals surface area (Å²) in [6.45, 7) is 21.0. The highest BCUT2D eigenvalue weighted by atomic mass is 16.5. The van der Waals surface area contributed by atoms with Crippen molar-refractivity contribution in [2.45, 2.75) is 106 Å². The topological polar surface area (TPSA) is 79.0 Å². The van der Waals surface area contributed by atoms with Gasteiger partial charge in [-0.05, 0) is 57.8 Å². The third-order valence-corrected chi connectivity index (χ3v) is 6.72. The van der Waals surface area contributed by atoms with E-state index in [2.05, 4.69) is 31.0 Å². The molecule has 2 amide bonds. The first-order valence-corrected chi connectivity index (χ1v) is 12.8. The molecule has 1 N–H and O–H groups in total. The molecule has 0 aromatic carbocycles. The van der Waals surface area contributed by atoms with Crippen molar-refractivity contribution in [3.63, 3.8) is 0 Å². The van der Waals surface area contributed by atoms with Crippen LogP contribution in [0.3, 0.4) is 0 Å². The number of ether oxygens (including phenoxy) is 1. The molecule has 1 rings (SSSR count). The number of nitrogens with zero attached hydrogens (tertiary/aromatic N) is 2. The van der Waals surface area contributed by atoms with Gasteiger partial charge in [0.15, 0.2) is 0 Å². The van der Waals surface area contributed by atoms with Crippen molar-refractivity contribution in [2.24, 2.45) is 17.3 Å². The van der Waals surface area contributed by atoms with Crippen LogP contribution in [0.2, 0.25) is 0 Å². The monoisotopic (exact) mass is 479 g/mol. The molecule has 34 heavy (non-hydrogen) atoms. The summed E-state index contributed by atoms with van der Waals surface area (Å²) in [5.74, 6) is 0.00842. The Morgan fingerprint density at radius 3 is 2.21 bits per heavy atom. The van der Waals surface area contributed by atoms with Gasteiger partial charge < -0.3 is 15.0 Å². The molecule has 196 valence electrons. The van der Waals surface area contributed by atoms with Crippen LogP contribution < -0.4 is 5.32 Å². The maximum Gasteiger partial charge on any atom is 0.333 e. The lowest BCUT2D eigenvalue weighted by Gasteiger charge is -2.42. The number of hydrogen-bond acceptors (Lipinski definition) is 5. The Bertz CT molecular complexity index is 739. The van der Waals surface area contributed by atoms with Crippen LogP contribution in [0.15, 0.2) is 11.6 Å². The van der Waals surface area contributed by atoms with Crippen molar-refractivity contribution < 1.29 is 19.1 Å². The molecule has 1 heterocycles. The van der Waals surface area contributed by atoms with Gasteiger partial charge in [-0.1, -0.05) is 47.6 Å². The molecule has 1 unspecified atom stereocenters. The highest BCUT2D eigenvalue weighted by Gasteiger charge is 2.40. The van der Waals surface area contributed by atoms with Crippen LogP contribution in [-0.2, 0) is 19.1 Å². The third kappa shape index (κ3) is 8.10. The highest BCUT2D eigenvalue weighted by Crippen LogP contribution is 2.27. The molecular formula is C27H49N3O4. The third-order valence-electron chi connectivity index (χ3n) is 6.72. The number of piperidine rings is 1. The van der Waals surface area contributed by atoms with Gasteiger partial charge in [0.05, 0.1) is 18.7 Å². The molecule has 0 aromatic rings. The number of likely N-dealkylation sites (tertiary alicyclic amines) is 1. The summed E-state index contributed by atoms with van der Waals surface area (Å²) in [7, 11) is 1.75. The molecule has 0 spiro atoms. The maximum atomic E-state index is 13.8. The minimum atomic E-state index is -0.684. The minimum Gasteiger partial charge on any atom is -0.463 e. The number of carbonyl (C=O) groups is 3. The fourth-order valence-corrected chi connectivity index (χ4v) is 4.60. The van der Waals surface area contributed by atoms with Crippen LogP contribution in [0.25, 0.3) is 0 Å². The number of carbonyl (C=O) groups excluding carboxylic acids is 3. The van der Waals surface area contributed by atoms with E-state index in [-0.39, 0.29) is 41.8 Å². The fourth-order valence-electron chi connectivity index (χ4n) is 4.60. The van der Waals surface area contributed by atoms with E-state index in [0.29, 0.717) is 18.1 Å². The van der Waals surface area contributed by atoms with Crippen molar-refractivity contribution in [1.82, 2.24) is 15.1 Å². The summed E-state index contributed by atoms with van der Waals surface area (Å²) in [5, 5.41) is 3.11. The number of amides is 2. The molecule has 7 nitrogen and oxygen atoms in total. The molecular weight excluding hydrogens is 430 g/mol. The molecule has 0 saturated carbocycles. The normalized spacial score (nSPS) is 21.9. The van der Waals surface area contributed by atoms with Crippen molar-refractivity contribution in [1.29, 1.82) is 0 Å². The predicted octanol–water partition coefficient (Wildman–Crippen LogP) is 4.02. The summed E-state index contributed by atoms with van der Waals surface area (Å²) in [6, 6.07) is -0.963. The predicted molar refractivity (Wildman–Crippen MR) is 137 cm³/mol. The van der Waals surface area contributed by atoms with E-state index in [4.69, 9.17) is 4.74 Å². The van der Waals surface area contributed by atoms with Gasteiger partial charge in [-0.25, -0.2) is 4.79 Å². The molecule has 0 aromatic heterocycles. The summed E-state index contributed by atoms with van der Waals surface area (Å²) in [4.78, 5) is 43.3. The van der Waals surface area contributed by atoms with Gasteiger partial charge in [0.25, 0.3) is 0 Å². The number of rotatable bonds is 9. The van der Waals surface area contributed by atoms with Gasteiger partial charge >= 0.3 is 5.97 Å². The lowest BCUT2D eigenvalue weighted by atomic mass is 9.84. The molecule has 1 fully saturated rings. The van der Waals surface area contributed by atoms with Crippen molar-refractivity contribution in [3.05, 3.63) is 11.6 Å². The second kappa shape index (κ2) is 12.7. The lowest BCUT2D eigenvalue weighted by molar-refractivity contribution is -0.142. The van der Waals surface area contributed by atoms with Gasteiger partial charge in [0.1, 0.15) is 6.04 Å². The van der Waals surface area contributed by atoms with Crippen molar-refractivity contribution >= 4 is 17.8 Å². The maximum absolute atomic E-state index is 13.8. The van der Waals surface area contributed by atoms with Crippen LogP contribution >= 0.6 is 0 Å². The zero-order valence-electron chi connectivity index (χ0n) is 23.4. The van der Waals surface area contributed by atoms with E-state index in [9.17, 15) is 14.4 Å². The number of nitrogens with one attached hydrogen (secondary N) is 1. The average Bonchev–Trinajstić information content (AvgIpc) is 2.73. The Balaban J connectivity index is 3.17. The second-order valence-electron chi connectivity index (χ2n) is 11.6. The number of likely N-dealkylation sites (N-methyl/N-ethyl adjacent to an activating group) is 1. The second-order valence-corrected chi connectivity index (χ2v) is 11.6. The van der Waals surface area contributed by atoms with E-state index in [1.807, 2.05) is 34.6 Å². The Hall–Kier alpha value is -1.89. The summed E-state index contributed by atoms with van der Waals surface area (Å²) < 4.78 is 5.11. The smallest absolute Gasteiger partial charge is 0.333 e. The molecule has 4 atom stereocenters. The molecule has 7 heteroatoms. The van der Waals surface area contributed by atoms with Crippen molar-refractivity contribution in [3.8, 4) is 0 Å². The average molecular weight is 480 g/mol. The summed E-state index contributed by atoms with van der Waals surface area (Å²) in [6.07, 6.45) is 3.59. The molecule has 0 radical (unpaired) electrons. The Morgan fingerprint density at radius 1 is 1.15 bits per heavy atom. The SMILES string of the molecule is CCOC(=O)/C(C)=C/[C@H](C(C)C)N(C)C(=O)[C@@H](NC(=O)C1CC[C@@H](C)CN1C(C)C)C(C)(C)C. The first-order chi connectivity index (χ1) is 15.6. The Kier molecular flexibility index (Phi) is 11.3.